The Morgan fingerprint density at radius 1 is 1.04 bits per heavy atom. The van der Waals surface area contributed by atoms with Crippen molar-refractivity contribution < 1.29 is 19.8 Å². The maximum absolute atomic E-state index is 12.2. The van der Waals surface area contributed by atoms with Crippen LogP contribution in [0.3, 0.4) is 0 Å². The molecule has 138 valence electrons. The van der Waals surface area contributed by atoms with Gasteiger partial charge in [0.15, 0.2) is 0 Å². The molecule has 7 heteroatoms. The van der Waals surface area contributed by atoms with Gasteiger partial charge in [0.1, 0.15) is 0 Å². The number of rotatable bonds is 6. The van der Waals surface area contributed by atoms with Gasteiger partial charge in [0.25, 0.3) is 0 Å². The number of benzene rings is 2. The molecule has 2 aromatic carbocycles. The molecule has 3 rings (SSSR count). The normalized spacial score (nSPS) is 10.6. The summed E-state index contributed by atoms with van der Waals surface area (Å²) in [5.74, 6) is -0.276. The molecule has 3 aromatic rings. The number of aromatic nitrogens is 1. The van der Waals surface area contributed by atoms with E-state index >= 15 is 0 Å². The molecule has 0 bridgehead atoms. The fourth-order valence-corrected chi connectivity index (χ4v) is 2.71. The van der Waals surface area contributed by atoms with Crippen LogP contribution in [0.15, 0.2) is 60.9 Å². The van der Waals surface area contributed by atoms with Gasteiger partial charge < -0.3 is 15.5 Å². The zero-order valence-electron chi connectivity index (χ0n) is 14.5. The van der Waals surface area contributed by atoms with Crippen LogP contribution in [0, 0.1) is 0 Å². The van der Waals surface area contributed by atoms with Crippen molar-refractivity contribution in [1.82, 2.24) is 4.98 Å². The summed E-state index contributed by atoms with van der Waals surface area (Å²) in [7, 11) is 0. The molecule has 0 aliphatic carbocycles. The van der Waals surface area contributed by atoms with E-state index in [2.05, 4.69) is 10.3 Å². The predicted octanol–water partition coefficient (Wildman–Crippen LogP) is 3.24. The standard InChI is InChI=1S/C20H19N3O4/c24-13-14-1-5-18(6-2-14)23(20(26)27)10-8-19(25)22-17-4-3-16-12-21-9-7-15(16)11-17/h1-7,9,11-12,24H,8,10,13H2,(H,22,25)(H,26,27). The minimum Gasteiger partial charge on any atom is -0.465 e. The van der Waals surface area contributed by atoms with E-state index in [0.29, 0.717) is 16.9 Å². The third kappa shape index (κ3) is 4.59. The number of nitrogens with zero attached hydrogens (tertiary/aromatic N) is 2. The minimum absolute atomic E-state index is 0.0163. The summed E-state index contributed by atoms with van der Waals surface area (Å²) in [5, 5.41) is 23.2. The van der Waals surface area contributed by atoms with Crippen LogP contribution < -0.4 is 10.2 Å². The molecule has 0 aliphatic heterocycles. The van der Waals surface area contributed by atoms with Gasteiger partial charge >= 0.3 is 6.09 Å². The quantitative estimate of drug-likeness (QED) is 0.622. The topological polar surface area (TPSA) is 103 Å². The Labute approximate surface area is 155 Å². The fraction of sp³-hybridized carbons (Fsp3) is 0.150. The van der Waals surface area contributed by atoms with E-state index in [0.717, 1.165) is 15.7 Å². The Kier molecular flexibility index (Phi) is 5.63. The van der Waals surface area contributed by atoms with Gasteiger partial charge in [-0.1, -0.05) is 18.2 Å². The average Bonchev–Trinajstić information content (AvgIpc) is 2.68. The van der Waals surface area contributed by atoms with Gasteiger partial charge in [-0.05, 0) is 41.3 Å². The van der Waals surface area contributed by atoms with Crippen molar-refractivity contribution in [2.75, 3.05) is 16.8 Å². The first-order valence-corrected chi connectivity index (χ1v) is 8.41. The van der Waals surface area contributed by atoms with E-state index in [-0.39, 0.29) is 25.5 Å². The molecule has 0 saturated carbocycles. The van der Waals surface area contributed by atoms with Crippen molar-refractivity contribution in [3.8, 4) is 0 Å². The van der Waals surface area contributed by atoms with E-state index in [9.17, 15) is 14.7 Å². The Bertz CT molecular complexity index is 957. The predicted molar refractivity (Wildman–Crippen MR) is 103 cm³/mol. The first-order chi connectivity index (χ1) is 13.1. The second-order valence-corrected chi connectivity index (χ2v) is 5.99. The number of carboxylic acid groups (broad SMARTS) is 1. The molecule has 0 saturated heterocycles. The molecule has 0 aliphatic rings. The van der Waals surface area contributed by atoms with Crippen LogP contribution in [-0.2, 0) is 11.4 Å². The van der Waals surface area contributed by atoms with Gasteiger partial charge in [0, 0.05) is 42.1 Å². The molecule has 3 N–H and O–H groups in total. The van der Waals surface area contributed by atoms with Crippen LogP contribution in [0.1, 0.15) is 12.0 Å². The maximum Gasteiger partial charge on any atom is 0.411 e. The van der Waals surface area contributed by atoms with Crippen LogP contribution in [0.2, 0.25) is 0 Å². The summed E-state index contributed by atoms with van der Waals surface area (Å²) < 4.78 is 0. The van der Waals surface area contributed by atoms with Gasteiger partial charge in [-0.3, -0.25) is 14.7 Å². The Morgan fingerprint density at radius 2 is 1.81 bits per heavy atom. The Hall–Kier alpha value is -3.45. The molecule has 0 atom stereocenters. The zero-order chi connectivity index (χ0) is 19.2. The number of hydrogen-bond acceptors (Lipinski definition) is 4. The summed E-state index contributed by atoms with van der Waals surface area (Å²) in [4.78, 5) is 28.9. The molecular weight excluding hydrogens is 346 g/mol. The number of aliphatic hydroxyl groups excluding tert-OH is 1. The average molecular weight is 365 g/mol. The second-order valence-electron chi connectivity index (χ2n) is 5.99. The van der Waals surface area contributed by atoms with E-state index in [1.54, 1.807) is 42.7 Å². The highest BCUT2D eigenvalue weighted by Gasteiger charge is 2.16. The van der Waals surface area contributed by atoms with Crippen molar-refractivity contribution in [2.24, 2.45) is 0 Å². The first kappa shape index (κ1) is 18.3. The highest BCUT2D eigenvalue weighted by Crippen LogP contribution is 2.19. The highest BCUT2D eigenvalue weighted by atomic mass is 16.4. The van der Waals surface area contributed by atoms with Crippen LogP contribution in [0.25, 0.3) is 10.8 Å². The first-order valence-electron chi connectivity index (χ1n) is 8.41. The Morgan fingerprint density at radius 3 is 2.52 bits per heavy atom. The summed E-state index contributed by atoms with van der Waals surface area (Å²) >= 11 is 0. The van der Waals surface area contributed by atoms with Crippen LogP contribution in [-0.4, -0.2) is 33.7 Å². The number of carbonyl (C=O) groups is 2. The van der Waals surface area contributed by atoms with Crippen molar-refractivity contribution in [2.45, 2.75) is 13.0 Å². The molecular formula is C20H19N3O4. The number of aliphatic hydroxyl groups is 1. The third-order valence-electron chi connectivity index (χ3n) is 4.15. The molecule has 0 radical (unpaired) electrons. The zero-order valence-corrected chi connectivity index (χ0v) is 14.5. The SMILES string of the molecule is O=C(CCN(C(=O)O)c1ccc(CO)cc1)Nc1ccc2cnccc2c1. The lowest BCUT2D eigenvalue weighted by molar-refractivity contribution is -0.116. The van der Waals surface area contributed by atoms with E-state index in [1.165, 1.54) is 0 Å². The molecule has 0 spiro atoms. The number of hydrogen-bond donors (Lipinski definition) is 3. The summed E-state index contributed by atoms with van der Waals surface area (Å²) in [5.41, 5.74) is 1.78. The molecule has 0 fully saturated rings. The summed E-state index contributed by atoms with van der Waals surface area (Å²) in [6.45, 7) is -0.0886. The number of anilines is 2. The monoisotopic (exact) mass is 365 g/mol. The Balaban J connectivity index is 1.63. The fourth-order valence-electron chi connectivity index (χ4n) is 2.71. The van der Waals surface area contributed by atoms with Gasteiger partial charge in [0.2, 0.25) is 5.91 Å². The van der Waals surface area contributed by atoms with Crippen LogP contribution in [0.5, 0.6) is 0 Å². The molecule has 2 amide bonds. The lowest BCUT2D eigenvalue weighted by atomic mass is 10.1. The van der Waals surface area contributed by atoms with Gasteiger partial charge in [-0.25, -0.2) is 4.79 Å². The number of amides is 2. The second kappa shape index (κ2) is 8.29. The molecule has 0 unspecified atom stereocenters. The van der Waals surface area contributed by atoms with Gasteiger partial charge in [0.05, 0.1) is 6.61 Å². The summed E-state index contributed by atoms with van der Waals surface area (Å²) in [6, 6.07) is 13.9. The lowest BCUT2D eigenvalue weighted by Gasteiger charge is -2.19. The largest absolute Gasteiger partial charge is 0.465 e. The lowest BCUT2D eigenvalue weighted by Crippen LogP contribution is -2.32. The third-order valence-corrected chi connectivity index (χ3v) is 4.15. The minimum atomic E-state index is -1.14. The van der Waals surface area contributed by atoms with Crippen molar-refractivity contribution in [3.05, 3.63) is 66.5 Å². The number of nitrogens with one attached hydrogen (secondary N) is 1. The number of carbonyl (C=O) groups excluding carboxylic acids is 1. The van der Waals surface area contributed by atoms with Crippen molar-refractivity contribution in [3.63, 3.8) is 0 Å². The van der Waals surface area contributed by atoms with Crippen LogP contribution >= 0.6 is 0 Å². The maximum atomic E-state index is 12.2. The molecule has 1 heterocycles. The summed E-state index contributed by atoms with van der Waals surface area (Å²) in [6.07, 6.45) is 2.30. The van der Waals surface area contributed by atoms with E-state index in [1.807, 2.05) is 18.2 Å². The number of fused-ring (bicyclic) bond motifs is 1. The molecule has 1 aromatic heterocycles. The number of pyridine rings is 1. The van der Waals surface area contributed by atoms with E-state index < -0.39 is 6.09 Å². The molecule has 7 nitrogen and oxygen atoms in total. The smallest absolute Gasteiger partial charge is 0.411 e. The van der Waals surface area contributed by atoms with Gasteiger partial charge in [-0.2, -0.15) is 0 Å². The molecule has 27 heavy (non-hydrogen) atoms. The highest BCUT2D eigenvalue weighted by molar-refractivity contribution is 5.95. The van der Waals surface area contributed by atoms with E-state index in [4.69, 9.17) is 5.11 Å². The van der Waals surface area contributed by atoms with Gasteiger partial charge in [-0.15, -0.1) is 0 Å². The van der Waals surface area contributed by atoms with Crippen molar-refractivity contribution >= 4 is 34.1 Å². The van der Waals surface area contributed by atoms with Crippen LogP contribution in [0.4, 0.5) is 16.2 Å². The van der Waals surface area contributed by atoms with Crippen molar-refractivity contribution in [1.29, 1.82) is 0 Å².